The van der Waals surface area contributed by atoms with Crippen molar-refractivity contribution in [2.45, 2.75) is 6.92 Å². The van der Waals surface area contributed by atoms with Crippen LogP contribution < -0.4 is 4.74 Å². The Bertz CT molecular complexity index is 731. The van der Waals surface area contributed by atoms with Crippen molar-refractivity contribution < 1.29 is 23.2 Å². The van der Waals surface area contributed by atoms with Gasteiger partial charge in [-0.25, -0.2) is 4.39 Å². The van der Waals surface area contributed by atoms with Crippen molar-refractivity contribution in [1.29, 1.82) is 0 Å². The first-order valence-electron chi connectivity index (χ1n) is 5.79. The lowest BCUT2D eigenvalue weighted by Gasteiger charge is -2.10. The highest BCUT2D eigenvalue weighted by Crippen LogP contribution is 2.31. The van der Waals surface area contributed by atoms with Crippen molar-refractivity contribution in [3.63, 3.8) is 0 Å². The zero-order valence-corrected chi connectivity index (χ0v) is 10.8. The molecule has 0 fully saturated rings. The molecule has 2 aromatic carbocycles. The number of halogens is 2. The molecule has 0 amide bonds. The van der Waals surface area contributed by atoms with Crippen LogP contribution in [0.1, 0.15) is 15.9 Å². The fraction of sp³-hybridized carbons (Fsp3) is 0.0714. The van der Waals surface area contributed by atoms with Gasteiger partial charge in [-0.15, -0.1) is 0 Å². The molecular formula is C14H9F2NO4. The Morgan fingerprint density at radius 2 is 1.86 bits per heavy atom. The highest BCUT2D eigenvalue weighted by Gasteiger charge is 2.20. The Balaban J connectivity index is 2.38. The fourth-order valence-electron chi connectivity index (χ4n) is 1.72. The number of nitrogens with zero attached hydrogens (tertiary/aromatic N) is 1. The van der Waals surface area contributed by atoms with E-state index in [4.69, 9.17) is 4.74 Å². The van der Waals surface area contributed by atoms with Crippen molar-refractivity contribution in [2.24, 2.45) is 0 Å². The molecule has 0 saturated carbocycles. The monoisotopic (exact) mass is 293 g/mol. The lowest BCUT2D eigenvalue weighted by molar-refractivity contribution is -0.387. The molecule has 108 valence electrons. The molecular weight excluding hydrogens is 284 g/mol. The summed E-state index contributed by atoms with van der Waals surface area (Å²) in [4.78, 5) is 20.1. The van der Waals surface area contributed by atoms with E-state index in [1.54, 1.807) is 6.92 Å². The molecule has 0 unspecified atom stereocenters. The first kappa shape index (κ1) is 14.6. The summed E-state index contributed by atoms with van der Waals surface area (Å²) in [5.41, 5.74) is -0.0131. The number of carbonyl (C=O) groups is 1. The molecule has 0 aliphatic rings. The summed E-state index contributed by atoms with van der Waals surface area (Å²) in [6.07, 6.45) is 0.642. The molecule has 0 radical (unpaired) electrons. The van der Waals surface area contributed by atoms with Crippen LogP contribution in [0.25, 0.3) is 0 Å². The summed E-state index contributed by atoms with van der Waals surface area (Å²) < 4.78 is 32.4. The number of aldehydes is 1. The predicted octanol–water partition coefficient (Wildman–Crippen LogP) is 3.79. The van der Waals surface area contributed by atoms with Gasteiger partial charge in [0.1, 0.15) is 12.0 Å². The lowest BCUT2D eigenvalue weighted by atomic mass is 10.1. The van der Waals surface area contributed by atoms with Gasteiger partial charge >= 0.3 is 5.69 Å². The highest BCUT2D eigenvalue weighted by molar-refractivity contribution is 5.75. The summed E-state index contributed by atoms with van der Waals surface area (Å²) in [5.74, 6) is -2.51. The Kier molecular flexibility index (Phi) is 3.93. The number of aryl methyl sites for hydroxylation is 1. The van der Waals surface area contributed by atoms with Crippen molar-refractivity contribution in [1.82, 2.24) is 0 Å². The average Bonchev–Trinajstić information content (AvgIpc) is 2.44. The third kappa shape index (κ3) is 3.02. The summed E-state index contributed by atoms with van der Waals surface area (Å²) in [7, 11) is 0. The van der Waals surface area contributed by atoms with Gasteiger partial charge in [-0.1, -0.05) is 0 Å². The molecule has 0 aliphatic heterocycles. The van der Waals surface area contributed by atoms with Crippen molar-refractivity contribution in [2.75, 3.05) is 0 Å². The van der Waals surface area contributed by atoms with Gasteiger partial charge in [0, 0.05) is 11.6 Å². The number of hydrogen-bond acceptors (Lipinski definition) is 4. The van der Waals surface area contributed by atoms with Crippen LogP contribution in [-0.2, 0) is 0 Å². The standard InChI is InChI=1S/C14H9F2NO4/c1-8-4-9(7-18)2-3-13(8)21-14-6-10(15)12(17(19)20)5-11(14)16/h2-7H,1H3. The first-order valence-corrected chi connectivity index (χ1v) is 5.79. The molecule has 2 rings (SSSR count). The Hall–Kier alpha value is -2.83. The molecule has 5 nitrogen and oxygen atoms in total. The number of rotatable bonds is 4. The Morgan fingerprint density at radius 3 is 2.43 bits per heavy atom. The van der Waals surface area contributed by atoms with E-state index in [-0.39, 0.29) is 5.75 Å². The third-order valence-electron chi connectivity index (χ3n) is 2.75. The Labute approximate surface area is 117 Å². The van der Waals surface area contributed by atoms with E-state index in [1.807, 2.05) is 0 Å². The van der Waals surface area contributed by atoms with Crippen LogP contribution in [0.3, 0.4) is 0 Å². The predicted molar refractivity (Wildman–Crippen MR) is 69.7 cm³/mol. The largest absolute Gasteiger partial charge is 0.454 e. The molecule has 0 spiro atoms. The second kappa shape index (κ2) is 5.66. The van der Waals surface area contributed by atoms with Crippen LogP contribution in [0.15, 0.2) is 30.3 Å². The zero-order chi connectivity index (χ0) is 15.6. The molecule has 0 atom stereocenters. The van der Waals surface area contributed by atoms with E-state index in [1.165, 1.54) is 18.2 Å². The third-order valence-corrected chi connectivity index (χ3v) is 2.75. The first-order chi connectivity index (χ1) is 9.92. The number of nitro groups is 1. The lowest BCUT2D eigenvalue weighted by Crippen LogP contribution is -1.97. The van der Waals surface area contributed by atoms with Crippen LogP contribution in [-0.4, -0.2) is 11.2 Å². The molecule has 0 heterocycles. The average molecular weight is 293 g/mol. The molecule has 0 aliphatic carbocycles. The van der Waals surface area contributed by atoms with Crippen LogP contribution in [0.4, 0.5) is 14.5 Å². The second-order valence-electron chi connectivity index (χ2n) is 4.24. The summed E-state index contributed by atoms with van der Waals surface area (Å²) in [6, 6.07) is 5.47. The Morgan fingerprint density at radius 1 is 1.14 bits per heavy atom. The minimum Gasteiger partial charge on any atom is -0.454 e. The molecule has 0 bridgehead atoms. The van der Waals surface area contributed by atoms with Gasteiger partial charge in [-0.05, 0) is 30.7 Å². The summed E-state index contributed by atoms with van der Waals surface area (Å²) in [6.45, 7) is 1.63. The van der Waals surface area contributed by atoms with E-state index in [2.05, 4.69) is 0 Å². The van der Waals surface area contributed by atoms with Crippen molar-refractivity contribution >= 4 is 12.0 Å². The molecule has 7 heteroatoms. The normalized spacial score (nSPS) is 10.2. The summed E-state index contributed by atoms with van der Waals surface area (Å²) >= 11 is 0. The van der Waals surface area contributed by atoms with E-state index in [9.17, 15) is 23.7 Å². The van der Waals surface area contributed by atoms with Gasteiger partial charge < -0.3 is 4.74 Å². The molecule has 2 aromatic rings. The van der Waals surface area contributed by atoms with Crippen LogP contribution in [0.5, 0.6) is 11.5 Å². The molecule has 0 N–H and O–H groups in total. The minimum atomic E-state index is -1.20. The van der Waals surface area contributed by atoms with E-state index in [0.29, 0.717) is 29.5 Å². The maximum absolute atomic E-state index is 13.7. The fourth-order valence-corrected chi connectivity index (χ4v) is 1.72. The van der Waals surface area contributed by atoms with Crippen LogP contribution in [0, 0.1) is 28.7 Å². The SMILES string of the molecule is Cc1cc(C=O)ccc1Oc1cc(F)c([N+](=O)[O-])cc1F. The van der Waals surface area contributed by atoms with Gasteiger partial charge in [0.25, 0.3) is 0 Å². The maximum atomic E-state index is 13.7. The molecule has 21 heavy (non-hydrogen) atoms. The second-order valence-corrected chi connectivity index (χ2v) is 4.24. The van der Waals surface area contributed by atoms with Gasteiger partial charge in [-0.2, -0.15) is 4.39 Å². The van der Waals surface area contributed by atoms with Crippen LogP contribution >= 0.6 is 0 Å². The summed E-state index contributed by atoms with van der Waals surface area (Å²) in [5, 5.41) is 10.5. The quantitative estimate of drug-likeness (QED) is 0.488. The van der Waals surface area contributed by atoms with Crippen LogP contribution in [0.2, 0.25) is 0 Å². The van der Waals surface area contributed by atoms with Crippen molar-refractivity contribution in [3.8, 4) is 11.5 Å². The number of ether oxygens (including phenoxy) is 1. The van der Waals surface area contributed by atoms with E-state index < -0.39 is 28.0 Å². The minimum absolute atomic E-state index is 0.216. The number of nitro benzene ring substituents is 1. The smallest absolute Gasteiger partial charge is 0.307 e. The number of carbonyl (C=O) groups excluding carboxylic acids is 1. The molecule has 0 aromatic heterocycles. The van der Waals surface area contributed by atoms with Gasteiger partial charge in [0.2, 0.25) is 5.82 Å². The van der Waals surface area contributed by atoms with E-state index in [0.717, 1.165) is 0 Å². The van der Waals surface area contributed by atoms with Crippen molar-refractivity contribution in [3.05, 3.63) is 63.2 Å². The van der Waals surface area contributed by atoms with Gasteiger partial charge in [0.05, 0.1) is 11.0 Å². The topological polar surface area (TPSA) is 69.4 Å². The maximum Gasteiger partial charge on any atom is 0.307 e. The highest BCUT2D eigenvalue weighted by atomic mass is 19.1. The van der Waals surface area contributed by atoms with Gasteiger partial charge in [0.15, 0.2) is 11.6 Å². The number of benzene rings is 2. The number of hydrogen-bond donors (Lipinski definition) is 0. The van der Waals surface area contributed by atoms with E-state index >= 15 is 0 Å². The van der Waals surface area contributed by atoms with Gasteiger partial charge in [-0.3, -0.25) is 14.9 Å². The zero-order valence-electron chi connectivity index (χ0n) is 10.8. The molecule has 0 saturated heterocycles.